The molecular weight excluding hydrogens is 442 g/mol. The second kappa shape index (κ2) is 8.22. The minimum Gasteiger partial charge on any atom is -0.465 e. The van der Waals surface area contributed by atoms with Gasteiger partial charge >= 0.3 is 0 Å². The van der Waals surface area contributed by atoms with Gasteiger partial charge in [0.25, 0.3) is 11.5 Å². The zero-order chi connectivity index (χ0) is 23.1. The lowest BCUT2D eigenvalue weighted by Crippen LogP contribution is -2.24. The van der Waals surface area contributed by atoms with Crippen molar-refractivity contribution in [3.05, 3.63) is 98.4 Å². The lowest BCUT2D eigenvalue weighted by Gasteiger charge is -2.12. The summed E-state index contributed by atoms with van der Waals surface area (Å²) in [5.41, 5.74) is 2.96. The summed E-state index contributed by atoms with van der Waals surface area (Å²) < 4.78 is 8.53. The van der Waals surface area contributed by atoms with Gasteiger partial charge in [-0.15, -0.1) is 5.10 Å². The Labute approximate surface area is 193 Å². The van der Waals surface area contributed by atoms with E-state index in [2.05, 4.69) is 15.4 Å². The molecule has 5 rings (SSSR count). The molecular formula is C24H20ClN5O3. The minimum absolute atomic E-state index is 0.0763. The molecule has 0 aliphatic heterocycles. The van der Waals surface area contributed by atoms with Gasteiger partial charge in [0.2, 0.25) is 11.5 Å². The Bertz CT molecular complexity index is 1580. The molecule has 0 atom stereocenters. The van der Waals surface area contributed by atoms with Crippen LogP contribution in [-0.2, 0) is 13.1 Å². The van der Waals surface area contributed by atoms with Crippen LogP contribution in [0.4, 0.5) is 0 Å². The fourth-order valence-electron chi connectivity index (χ4n) is 3.78. The van der Waals surface area contributed by atoms with E-state index in [0.29, 0.717) is 28.4 Å². The van der Waals surface area contributed by atoms with E-state index in [0.717, 1.165) is 16.9 Å². The highest BCUT2D eigenvalue weighted by Gasteiger charge is 2.19. The minimum atomic E-state index is -0.492. The van der Waals surface area contributed by atoms with Gasteiger partial charge in [-0.2, -0.15) is 4.98 Å². The van der Waals surface area contributed by atoms with Gasteiger partial charge in [-0.25, -0.2) is 4.52 Å². The first-order valence-electron chi connectivity index (χ1n) is 10.4. The Morgan fingerprint density at radius 1 is 1.09 bits per heavy atom. The van der Waals surface area contributed by atoms with Crippen molar-refractivity contribution in [2.75, 3.05) is 0 Å². The number of furan rings is 1. The van der Waals surface area contributed by atoms with Crippen LogP contribution in [0.2, 0.25) is 5.02 Å². The van der Waals surface area contributed by atoms with Gasteiger partial charge in [-0.1, -0.05) is 29.8 Å². The fourth-order valence-corrected chi connectivity index (χ4v) is 3.99. The summed E-state index contributed by atoms with van der Waals surface area (Å²) in [5.74, 6) is 0.799. The average molecular weight is 462 g/mol. The number of nitrogens with zero attached hydrogens (tertiary/aromatic N) is 4. The number of amides is 1. The zero-order valence-corrected chi connectivity index (χ0v) is 18.8. The molecule has 3 heterocycles. The molecule has 0 aliphatic rings. The Hall–Kier alpha value is -3.91. The van der Waals surface area contributed by atoms with Crippen molar-refractivity contribution in [1.82, 2.24) is 24.5 Å². The molecule has 3 aromatic heterocycles. The number of halogens is 1. The molecule has 0 fully saturated rings. The molecule has 166 valence electrons. The van der Waals surface area contributed by atoms with Crippen LogP contribution in [0, 0.1) is 13.8 Å². The average Bonchev–Trinajstić information content (AvgIpc) is 3.42. The lowest BCUT2D eigenvalue weighted by atomic mass is 10.2. The quantitative estimate of drug-likeness (QED) is 0.428. The van der Waals surface area contributed by atoms with Crippen molar-refractivity contribution in [3.8, 4) is 0 Å². The molecule has 0 saturated carbocycles. The SMILES string of the molecule is Cc1ccc2c(c1)n(Cc1cccc(Cl)c1)c(=O)c1nc(C(=O)NCc3ccc(C)o3)nn12. The summed E-state index contributed by atoms with van der Waals surface area (Å²) in [4.78, 5) is 30.4. The maximum Gasteiger partial charge on any atom is 0.296 e. The van der Waals surface area contributed by atoms with Gasteiger partial charge < -0.3 is 9.73 Å². The van der Waals surface area contributed by atoms with Crippen molar-refractivity contribution >= 4 is 34.2 Å². The van der Waals surface area contributed by atoms with Crippen molar-refractivity contribution in [2.24, 2.45) is 0 Å². The number of hydrogen-bond acceptors (Lipinski definition) is 5. The van der Waals surface area contributed by atoms with Crippen LogP contribution in [0.15, 0.2) is 63.8 Å². The molecule has 0 radical (unpaired) electrons. The zero-order valence-electron chi connectivity index (χ0n) is 18.0. The smallest absolute Gasteiger partial charge is 0.296 e. The van der Waals surface area contributed by atoms with E-state index in [1.807, 2.05) is 56.3 Å². The number of rotatable bonds is 5. The van der Waals surface area contributed by atoms with Gasteiger partial charge in [0.05, 0.1) is 24.1 Å². The molecule has 33 heavy (non-hydrogen) atoms. The largest absolute Gasteiger partial charge is 0.465 e. The van der Waals surface area contributed by atoms with Gasteiger partial charge in [0.1, 0.15) is 11.5 Å². The Balaban J connectivity index is 1.59. The number of benzene rings is 2. The van der Waals surface area contributed by atoms with Crippen molar-refractivity contribution in [2.45, 2.75) is 26.9 Å². The molecule has 1 amide bonds. The highest BCUT2D eigenvalue weighted by molar-refractivity contribution is 6.30. The monoisotopic (exact) mass is 461 g/mol. The van der Waals surface area contributed by atoms with Crippen molar-refractivity contribution < 1.29 is 9.21 Å². The number of carbonyl (C=O) groups is 1. The third-order valence-corrected chi connectivity index (χ3v) is 5.58. The number of aryl methyl sites for hydroxylation is 2. The van der Waals surface area contributed by atoms with Crippen molar-refractivity contribution in [3.63, 3.8) is 0 Å². The molecule has 0 saturated heterocycles. The van der Waals surface area contributed by atoms with Crippen LogP contribution in [0.1, 0.15) is 33.3 Å². The molecule has 5 aromatic rings. The van der Waals surface area contributed by atoms with Crippen LogP contribution in [-0.4, -0.2) is 25.1 Å². The Kier molecular flexibility index (Phi) is 5.22. The summed E-state index contributed by atoms with van der Waals surface area (Å²) in [7, 11) is 0. The topological polar surface area (TPSA) is 94.4 Å². The highest BCUT2D eigenvalue weighted by atomic mass is 35.5. The first-order chi connectivity index (χ1) is 15.9. The standard InChI is InChI=1S/C24H20ClN5O3/c1-14-6-9-19-20(10-14)29(13-16-4-3-5-17(25)11-16)24(32)22-27-21(28-30(19)22)23(31)26-12-18-8-7-15(2)33-18/h3-11H,12-13H2,1-2H3,(H,26,31). The molecule has 8 nitrogen and oxygen atoms in total. The number of aromatic nitrogens is 4. The first-order valence-corrected chi connectivity index (χ1v) is 10.7. The normalized spacial score (nSPS) is 11.4. The molecule has 0 unspecified atom stereocenters. The van der Waals surface area contributed by atoms with Crippen LogP contribution in [0.3, 0.4) is 0 Å². The summed E-state index contributed by atoms with van der Waals surface area (Å²) in [6.07, 6.45) is 0. The highest BCUT2D eigenvalue weighted by Crippen LogP contribution is 2.18. The van der Waals surface area contributed by atoms with E-state index in [1.165, 1.54) is 4.52 Å². The summed E-state index contributed by atoms with van der Waals surface area (Å²) in [6.45, 7) is 4.29. The second-order valence-corrected chi connectivity index (χ2v) is 8.32. The summed E-state index contributed by atoms with van der Waals surface area (Å²) in [6, 6.07) is 16.7. The Morgan fingerprint density at radius 3 is 2.70 bits per heavy atom. The number of nitrogens with one attached hydrogen (secondary N) is 1. The van der Waals surface area contributed by atoms with Crippen LogP contribution >= 0.6 is 11.6 Å². The summed E-state index contributed by atoms with van der Waals surface area (Å²) >= 11 is 6.14. The molecule has 0 spiro atoms. The maximum absolute atomic E-state index is 13.4. The van der Waals surface area contributed by atoms with E-state index in [9.17, 15) is 9.59 Å². The van der Waals surface area contributed by atoms with Crippen LogP contribution < -0.4 is 10.9 Å². The van der Waals surface area contributed by atoms with E-state index < -0.39 is 5.91 Å². The molecule has 2 aromatic carbocycles. The lowest BCUT2D eigenvalue weighted by molar-refractivity contribution is 0.0937. The molecule has 0 aliphatic carbocycles. The van der Waals surface area contributed by atoms with E-state index >= 15 is 0 Å². The van der Waals surface area contributed by atoms with Gasteiger partial charge in [0, 0.05) is 5.02 Å². The Morgan fingerprint density at radius 2 is 1.94 bits per heavy atom. The number of carbonyl (C=O) groups excluding carboxylic acids is 1. The third kappa shape index (κ3) is 4.01. The number of fused-ring (bicyclic) bond motifs is 3. The molecule has 9 heteroatoms. The van der Waals surface area contributed by atoms with Crippen LogP contribution in [0.25, 0.3) is 16.7 Å². The summed E-state index contributed by atoms with van der Waals surface area (Å²) in [5, 5.41) is 7.66. The number of hydrogen-bond donors (Lipinski definition) is 1. The predicted octanol–water partition coefficient (Wildman–Crippen LogP) is 3.89. The second-order valence-electron chi connectivity index (χ2n) is 7.88. The van der Waals surface area contributed by atoms with Gasteiger partial charge in [-0.3, -0.25) is 14.2 Å². The van der Waals surface area contributed by atoms with E-state index in [1.54, 1.807) is 16.7 Å². The van der Waals surface area contributed by atoms with Gasteiger partial charge in [-0.05, 0) is 61.4 Å². The third-order valence-electron chi connectivity index (χ3n) is 5.35. The predicted molar refractivity (Wildman–Crippen MR) is 125 cm³/mol. The van der Waals surface area contributed by atoms with E-state index in [4.69, 9.17) is 16.0 Å². The maximum atomic E-state index is 13.4. The molecule has 1 N–H and O–H groups in total. The van der Waals surface area contributed by atoms with Crippen LogP contribution in [0.5, 0.6) is 0 Å². The first kappa shape index (κ1) is 21.0. The fraction of sp³-hybridized carbons (Fsp3) is 0.167. The van der Waals surface area contributed by atoms with E-state index in [-0.39, 0.29) is 23.6 Å². The van der Waals surface area contributed by atoms with Crippen molar-refractivity contribution in [1.29, 1.82) is 0 Å². The van der Waals surface area contributed by atoms with Gasteiger partial charge in [0.15, 0.2) is 0 Å². The molecule has 0 bridgehead atoms.